The molecule has 0 heterocycles. The molecule has 0 spiro atoms. The van der Waals surface area contributed by atoms with Crippen LogP contribution in [0.2, 0.25) is 0 Å². The zero-order chi connectivity index (χ0) is 15.5. The maximum atomic E-state index is 13.5. The van der Waals surface area contributed by atoms with E-state index in [0.29, 0.717) is 24.3 Å². The van der Waals surface area contributed by atoms with Crippen LogP contribution < -0.4 is 10.5 Å². The molecule has 112 valence electrons. The number of halogens is 2. The lowest BCUT2D eigenvalue weighted by molar-refractivity contribution is 0.0504. The second kappa shape index (κ2) is 6.20. The molecule has 0 aromatic heterocycles. The monoisotopic (exact) mass is 293 g/mol. The molecule has 0 fully saturated rings. The molecule has 2 aromatic rings. The van der Waals surface area contributed by atoms with E-state index in [1.165, 1.54) is 6.07 Å². The number of benzene rings is 2. The van der Waals surface area contributed by atoms with Crippen LogP contribution in [-0.2, 0) is 5.60 Å². The standard InChI is InChI=1S/C16H17F2NO2/c1-16(20,8-9-19)11-2-5-13(6-3-11)21-15-7-4-12(17)10-14(15)18/h2-7,10,20H,8-9,19H2,1H3. The zero-order valence-corrected chi connectivity index (χ0v) is 11.6. The van der Waals surface area contributed by atoms with Crippen LogP contribution in [0.3, 0.4) is 0 Å². The van der Waals surface area contributed by atoms with E-state index in [0.717, 1.165) is 12.1 Å². The van der Waals surface area contributed by atoms with Crippen LogP contribution >= 0.6 is 0 Å². The molecule has 3 nitrogen and oxygen atoms in total. The van der Waals surface area contributed by atoms with Crippen LogP contribution in [-0.4, -0.2) is 11.7 Å². The van der Waals surface area contributed by atoms with Crippen molar-refractivity contribution in [3.8, 4) is 11.5 Å². The molecule has 0 radical (unpaired) electrons. The van der Waals surface area contributed by atoms with Crippen LogP contribution in [0, 0.1) is 11.6 Å². The molecular weight excluding hydrogens is 276 g/mol. The average Bonchev–Trinajstić information content (AvgIpc) is 2.42. The molecular formula is C16H17F2NO2. The molecule has 0 aliphatic rings. The number of aliphatic hydroxyl groups is 1. The quantitative estimate of drug-likeness (QED) is 0.889. The fourth-order valence-corrected chi connectivity index (χ4v) is 1.99. The van der Waals surface area contributed by atoms with E-state index in [1.807, 2.05) is 0 Å². The number of hydrogen-bond donors (Lipinski definition) is 2. The minimum absolute atomic E-state index is 0.0575. The van der Waals surface area contributed by atoms with Gasteiger partial charge in [0.15, 0.2) is 11.6 Å². The fourth-order valence-electron chi connectivity index (χ4n) is 1.99. The van der Waals surface area contributed by atoms with Crippen molar-refractivity contribution in [2.24, 2.45) is 5.73 Å². The van der Waals surface area contributed by atoms with Gasteiger partial charge in [0, 0.05) is 6.07 Å². The summed E-state index contributed by atoms with van der Waals surface area (Å²) >= 11 is 0. The molecule has 0 aliphatic heterocycles. The number of hydrogen-bond acceptors (Lipinski definition) is 3. The Morgan fingerprint density at radius 1 is 1.14 bits per heavy atom. The smallest absolute Gasteiger partial charge is 0.168 e. The molecule has 1 unspecified atom stereocenters. The van der Waals surface area contributed by atoms with Gasteiger partial charge in [0.05, 0.1) is 5.60 Å². The molecule has 0 saturated heterocycles. The van der Waals surface area contributed by atoms with E-state index in [2.05, 4.69) is 0 Å². The normalized spacial score (nSPS) is 13.8. The predicted octanol–water partition coefficient (Wildman–Crippen LogP) is 3.31. The lowest BCUT2D eigenvalue weighted by Crippen LogP contribution is -2.24. The highest BCUT2D eigenvalue weighted by Crippen LogP contribution is 2.29. The third-order valence-electron chi connectivity index (χ3n) is 3.23. The van der Waals surface area contributed by atoms with Crippen molar-refractivity contribution < 1.29 is 18.6 Å². The third kappa shape index (κ3) is 3.77. The van der Waals surface area contributed by atoms with Gasteiger partial charge in [0.1, 0.15) is 11.6 Å². The molecule has 1 atom stereocenters. The summed E-state index contributed by atoms with van der Waals surface area (Å²) in [4.78, 5) is 0. The highest BCUT2D eigenvalue weighted by Gasteiger charge is 2.21. The first-order chi connectivity index (χ1) is 9.92. The SMILES string of the molecule is CC(O)(CCN)c1ccc(Oc2ccc(F)cc2F)cc1. The molecule has 3 N–H and O–H groups in total. The van der Waals surface area contributed by atoms with E-state index >= 15 is 0 Å². The molecule has 0 saturated carbocycles. The number of ether oxygens (including phenoxy) is 1. The van der Waals surface area contributed by atoms with E-state index in [1.54, 1.807) is 31.2 Å². The second-order valence-corrected chi connectivity index (χ2v) is 5.01. The minimum atomic E-state index is -1.02. The van der Waals surface area contributed by atoms with Crippen molar-refractivity contribution in [2.75, 3.05) is 6.54 Å². The Bertz CT molecular complexity index is 612. The fraction of sp³-hybridized carbons (Fsp3) is 0.250. The summed E-state index contributed by atoms with van der Waals surface area (Å²) < 4.78 is 31.6. The Morgan fingerprint density at radius 2 is 1.81 bits per heavy atom. The summed E-state index contributed by atoms with van der Waals surface area (Å²) in [5, 5.41) is 10.2. The molecule has 0 bridgehead atoms. The molecule has 21 heavy (non-hydrogen) atoms. The van der Waals surface area contributed by atoms with Crippen molar-refractivity contribution in [2.45, 2.75) is 18.9 Å². The van der Waals surface area contributed by atoms with Gasteiger partial charge in [-0.3, -0.25) is 0 Å². The van der Waals surface area contributed by atoms with Gasteiger partial charge in [0.25, 0.3) is 0 Å². The summed E-state index contributed by atoms with van der Waals surface area (Å²) in [6.07, 6.45) is 0.430. The van der Waals surface area contributed by atoms with E-state index < -0.39 is 17.2 Å². The Hall–Kier alpha value is -1.98. The Morgan fingerprint density at radius 3 is 2.38 bits per heavy atom. The van der Waals surface area contributed by atoms with E-state index in [4.69, 9.17) is 10.5 Å². The van der Waals surface area contributed by atoms with Gasteiger partial charge in [0.2, 0.25) is 0 Å². The summed E-state index contributed by atoms with van der Waals surface area (Å²) in [5.41, 5.74) is 5.13. The summed E-state index contributed by atoms with van der Waals surface area (Å²) in [6, 6.07) is 9.71. The van der Waals surface area contributed by atoms with E-state index in [-0.39, 0.29) is 5.75 Å². The highest BCUT2D eigenvalue weighted by molar-refractivity contribution is 5.35. The van der Waals surface area contributed by atoms with Gasteiger partial charge >= 0.3 is 0 Å². The average molecular weight is 293 g/mol. The molecule has 0 amide bonds. The second-order valence-electron chi connectivity index (χ2n) is 5.01. The lowest BCUT2D eigenvalue weighted by Gasteiger charge is -2.23. The van der Waals surface area contributed by atoms with Crippen LogP contribution in [0.15, 0.2) is 42.5 Å². The van der Waals surface area contributed by atoms with Gasteiger partial charge in [-0.05, 0) is 49.7 Å². The third-order valence-corrected chi connectivity index (χ3v) is 3.23. The van der Waals surface area contributed by atoms with Gasteiger partial charge in [-0.2, -0.15) is 0 Å². The molecule has 2 aromatic carbocycles. The Balaban J connectivity index is 2.16. The van der Waals surface area contributed by atoms with Gasteiger partial charge in [-0.1, -0.05) is 12.1 Å². The largest absolute Gasteiger partial charge is 0.454 e. The predicted molar refractivity (Wildman–Crippen MR) is 76.1 cm³/mol. The van der Waals surface area contributed by atoms with Crippen LogP contribution in [0.25, 0.3) is 0 Å². The van der Waals surface area contributed by atoms with Crippen molar-refractivity contribution in [1.82, 2.24) is 0 Å². The lowest BCUT2D eigenvalue weighted by atomic mass is 9.93. The summed E-state index contributed by atoms with van der Waals surface area (Å²) in [7, 11) is 0. The van der Waals surface area contributed by atoms with Gasteiger partial charge < -0.3 is 15.6 Å². The maximum Gasteiger partial charge on any atom is 0.168 e. The molecule has 0 aliphatic carbocycles. The topological polar surface area (TPSA) is 55.5 Å². The Labute approximate surface area is 122 Å². The molecule has 5 heteroatoms. The van der Waals surface area contributed by atoms with Gasteiger partial charge in [-0.15, -0.1) is 0 Å². The summed E-state index contributed by atoms with van der Waals surface area (Å²) in [6.45, 7) is 2.04. The van der Waals surface area contributed by atoms with Crippen LogP contribution in [0.4, 0.5) is 8.78 Å². The van der Waals surface area contributed by atoms with Crippen molar-refractivity contribution in [3.63, 3.8) is 0 Å². The number of rotatable bonds is 5. The van der Waals surface area contributed by atoms with Crippen molar-refractivity contribution >= 4 is 0 Å². The minimum Gasteiger partial charge on any atom is -0.454 e. The first-order valence-corrected chi connectivity index (χ1v) is 6.58. The first kappa shape index (κ1) is 15.4. The van der Waals surface area contributed by atoms with Crippen LogP contribution in [0.1, 0.15) is 18.9 Å². The summed E-state index contributed by atoms with van der Waals surface area (Å²) in [5.74, 6) is -1.09. The van der Waals surface area contributed by atoms with Gasteiger partial charge in [-0.25, -0.2) is 8.78 Å². The van der Waals surface area contributed by atoms with Crippen molar-refractivity contribution in [1.29, 1.82) is 0 Å². The zero-order valence-electron chi connectivity index (χ0n) is 11.6. The molecule has 2 rings (SSSR count). The highest BCUT2D eigenvalue weighted by atomic mass is 19.1. The number of nitrogens with two attached hydrogens (primary N) is 1. The maximum absolute atomic E-state index is 13.5. The van der Waals surface area contributed by atoms with Crippen LogP contribution in [0.5, 0.6) is 11.5 Å². The first-order valence-electron chi connectivity index (χ1n) is 6.58. The van der Waals surface area contributed by atoms with Crippen molar-refractivity contribution in [3.05, 3.63) is 59.7 Å². The van der Waals surface area contributed by atoms with E-state index in [9.17, 15) is 13.9 Å². The Kier molecular flexibility index (Phi) is 4.55.